The van der Waals surface area contributed by atoms with E-state index in [1.165, 1.54) is 64.2 Å². The highest BCUT2D eigenvalue weighted by atomic mass is 35.5. The summed E-state index contributed by atoms with van der Waals surface area (Å²) in [7, 11) is 0. The van der Waals surface area contributed by atoms with Crippen LogP contribution < -0.4 is 5.32 Å². The Labute approximate surface area is 133 Å². The first-order valence-electron chi connectivity index (χ1n) is 9.01. The maximum Gasteiger partial charge on any atom is 0.0238 e. The predicted octanol–water partition coefficient (Wildman–Crippen LogP) is 6.15. The molecule has 0 amide bonds. The number of unbranched alkanes of at least 4 members (excludes halogenated alkanes) is 9. The number of alkyl halides is 1. The molecule has 1 N–H and O–H groups in total. The molecule has 0 fully saturated rings. The van der Waals surface area contributed by atoms with Crippen LogP contribution in [0.4, 0.5) is 0 Å². The van der Waals surface area contributed by atoms with Crippen LogP contribution in [-0.4, -0.2) is 18.5 Å². The lowest BCUT2D eigenvalue weighted by atomic mass is 10.0. The van der Waals surface area contributed by atoms with Crippen molar-refractivity contribution in [3.05, 3.63) is 0 Å². The molecule has 0 saturated heterocycles. The molecule has 1 nitrogen and oxygen atoms in total. The molecule has 122 valence electrons. The van der Waals surface area contributed by atoms with Gasteiger partial charge in [-0.3, -0.25) is 0 Å². The number of hydrogen-bond acceptors (Lipinski definition) is 1. The molecule has 0 heterocycles. The van der Waals surface area contributed by atoms with Crippen LogP contribution in [0.3, 0.4) is 0 Å². The lowest BCUT2D eigenvalue weighted by molar-refractivity contribution is 0.384. The summed E-state index contributed by atoms with van der Waals surface area (Å²) in [5, 5.41) is 3.66. The van der Waals surface area contributed by atoms with E-state index in [0.717, 1.165) is 18.8 Å². The minimum Gasteiger partial charge on any atom is -0.314 e. The van der Waals surface area contributed by atoms with Crippen LogP contribution in [0.2, 0.25) is 0 Å². The van der Waals surface area contributed by atoms with E-state index in [4.69, 9.17) is 11.6 Å². The molecule has 0 saturated carbocycles. The smallest absolute Gasteiger partial charge is 0.0238 e. The molecule has 0 spiro atoms. The highest BCUT2D eigenvalue weighted by Crippen LogP contribution is 2.11. The van der Waals surface area contributed by atoms with E-state index in [2.05, 4.69) is 26.1 Å². The van der Waals surface area contributed by atoms with Crippen molar-refractivity contribution >= 4 is 11.6 Å². The molecule has 0 aromatic heterocycles. The Morgan fingerprint density at radius 1 is 0.800 bits per heavy atom. The van der Waals surface area contributed by atoms with Crippen molar-refractivity contribution in [1.29, 1.82) is 0 Å². The van der Waals surface area contributed by atoms with Crippen LogP contribution in [0.5, 0.6) is 0 Å². The second-order valence-electron chi connectivity index (χ2n) is 6.46. The van der Waals surface area contributed by atoms with Gasteiger partial charge in [-0.25, -0.2) is 0 Å². The van der Waals surface area contributed by atoms with Gasteiger partial charge in [0.25, 0.3) is 0 Å². The van der Waals surface area contributed by atoms with E-state index in [0.29, 0.717) is 12.0 Å². The summed E-state index contributed by atoms with van der Waals surface area (Å²) in [5.74, 6) is 1.46. The second-order valence-corrected chi connectivity index (χ2v) is 6.84. The van der Waals surface area contributed by atoms with Crippen LogP contribution >= 0.6 is 11.6 Å². The molecule has 0 radical (unpaired) electrons. The maximum absolute atomic E-state index is 5.84. The highest BCUT2D eigenvalue weighted by molar-refractivity contribution is 6.17. The zero-order chi connectivity index (χ0) is 15.1. The maximum atomic E-state index is 5.84. The predicted molar refractivity (Wildman–Crippen MR) is 93.8 cm³/mol. The summed E-state index contributed by atoms with van der Waals surface area (Å²) < 4.78 is 0. The highest BCUT2D eigenvalue weighted by Gasteiger charge is 2.10. The summed E-state index contributed by atoms with van der Waals surface area (Å²) in [5.41, 5.74) is 0. The molecule has 20 heavy (non-hydrogen) atoms. The monoisotopic (exact) mass is 303 g/mol. The third-order valence-electron chi connectivity index (χ3n) is 4.16. The van der Waals surface area contributed by atoms with Gasteiger partial charge >= 0.3 is 0 Å². The summed E-state index contributed by atoms with van der Waals surface area (Å²) in [4.78, 5) is 0. The zero-order valence-corrected chi connectivity index (χ0v) is 15.0. The van der Waals surface area contributed by atoms with E-state index < -0.39 is 0 Å². The van der Waals surface area contributed by atoms with Crippen LogP contribution in [0.15, 0.2) is 0 Å². The third-order valence-corrected chi connectivity index (χ3v) is 4.38. The Hall–Kier alpha value is 0.250. The summed E-state index contributed by atoms with van der Waals surface area (Å²) in [6.45, 7) is 8.01. The van der Waals surface area contributed by atoms with E-state index in [1.54, 1.807) is 0 Å². The minimum absolute atomic E-state index is 0.603. The first-order valence-corrected chi connectivity index (χ1v) is 9.55. The van der Waals surface area contributed by atoms with Gasteiger partial charge in [0, 0.05) is 11.9 Å². The van der Waals surface area contributed by atoms with E-state index >= 15 is 0 Å². The Bertz CT molecular complexity index is 182. The summed E-state index contributed by atoms with van der Waals surface area (Å²) in [6, 6.07) is 0.603. The van der Waals surface area contributed by atoms with Gasteiger partial charge in [-0.15, -0.1) is 11.6 Å². The molecule has 0 aliphatic rings. The second kappa shape index (κ2) is 15.6. The van der Waals surface area contributed by atoms with Crippen molar-refractivity contribution in [3.63, 3.8) is 0 Å². The van der Waals surface area contributed by atoms with Gasteiger partial charge < -0.3 is 5.32 Å². The lowest BCUT2D eigenvalue weighted by Gasteiger charge is -2.21. The van der Waals surface area contributed by atoms with Crippen molar-refractivity contribution in [2.45, 2.75) is 97.4 Å². The quantitative estimate of drug-likeness (QED) is 0.282. The zero-order valence-electron chi connectivity index (χ0n) is 14.2. The number of nitrogens with one attached hydrogen (secondary N) is 1. The number of rotatable bonds is 15. The SMILES string of the molecule is CCCCCCCCCCCCNC(CCCl)C(C)C. The Morgan fingerprint density at radius 2 is 1.30 bits per heavy atom. The van der Waals surface area contributed by atoms with Crippen molar-refractivity contribution < 1.29 is 0 Å². The molecule has 0 bridgehead atoms. The lowest BCUT2D eigenvalue weighted by Crippen LogP contribution is -2.34. The topological polar surface area (TPSA) is 12.0 Å². The molecular weight excluding hydrogens is 266 g/mol. The average molecular weight is 304 g/mol. The molecule has 0 rings (SSSR count). The fraction of sp³-hybridized carbons (Fsp3) is 1.00. The van der Waals surface area contributed by atoms with Crippen molar-refractivity contribution in [2.24, 2.45) is 5.92 Å². The van der Waals surface area contributed by atoms with Gasteiger partial charge in [-0.2, -0.15) is 0 Å². The van der Waals surface area contributed by atoms with Crippen LogP contribution in [0.25, 0.3) is 0 Å². The first-order chi connectivity index (χ1) is 9.72. The first kappa shape index (κ1) is 20.2. The molecule has 0 aromatic carbocycles. The Morgan fingerprint density at radius 3 is 1.75 bits per heavy atom. The third kappa shape index (κ3) is 13.2. The Kier molecular flexibility index (Phi) is 15.8. The minimum atomic E-state index is 0.603. The summed E-state index contributed by atoms with van der Waals surface area (Å²) in [6.07, 6.45) is 15.2. The molecule has 0 aromatic rings. The normalized spacial score (nSPS) is 13.1. The average Bonchev–Trinajstić information content (AvgIpc) is 2.43. The molecule has 0 aliphatic heterocycles. The van der Waals surface area contributed by atoms with E-state index in [1.807, 2.05) is 0 Å². The van der Waals surface area contributed by atoms with Crippen molar-refractivity contribution in [1.82, 2.24) is 5.32 Å². The van der Waals surface area contributed by atoms with Crippen LogP contribution in [-0.2, 0) is 0 Å². The fourth-order valence-electron chi connectivity index (χ4n) is 2.69. The Balaban J connectivity index is 3.23. The molecule has 1 unspecified atom stereocenters. The van der Waals surface area contributed by atoms with Crippen LogP contribution in [0, 0.1) is 5.92 Å². The van der Waals surface area contributed by atoms with Gasteiger partial charge in [-0.05, 0) is 25.3 Å². The van der Waals surface area contributed by atoms with Crippen molar-refractivity contribution in [2.75, 3.05) is 12.4 Å². The summed E-state index contributed by atoms with van der Waals surface area (Å²) >= 11 is 5.84. The van der Waals surface area contributed by atoms with Gasteiger partial charge in [0.05, 0.1) is 0 Å². The van der Waals surface area contributed by atoms with E-state index in [9.17, 15) is 0 Å². The standard InChI is InChI=1S/C18H38ClN/c1-4-5-6-7-8-9-10-11-12-13-16-20-18(14-15-19)17(2)3/h17-18,20H,4-16H2,1-3H3. The van der Waals surface area contributed by atoms with Gasteiger partial charge in [0.1, 0.15) is 0 Å². The largest absolute Gasteiger partial charge is 0.314 e. The van der Waals surface area contributed by atoms with Crippen LogP contribution in [0.1, 0.15) is 91.4 Å². The van der Waals surface area contributed by atoms with Crippen molar-refractivity contribution in [3.8, 4) is 0 Å². The van der Waals surface area contributed by atoms with Gasteiger partial charge in [-0.1, -0.05) is 78.6 Å². The number of halogens is 1. The molecule has 0 aliphatic carbocycles. The molecule has 2 heteroatoms. The molecular formula is C18H38ClN. The van der Waals surface area contributed by atoms with Gasteiger partial charge in [0.15, 0.2) is 0 Å². The number of hydrogen-bond donors (Lipinski definition) is 1. The molecule has 1 atom stereocenters. The fourth-order valence-corrected chi connectivity index (χ4v) is 2.92. The van der Waals surface area contributed by atoms with E-state index in [-0.39, 0.29) is 0 Å². The van der Waals surface area contributed by atoms with Gasteiger partial charge in [0.2, 0.25) is 0 Å².